The first-order chi connectivity index (χ1) is 8.36. The van der Waals surface area contributed by atoms with Gasteiger partial charge in [-0.2, -0.15) is 22.4 Å². The normalized spacial score (nSPS) is 19.6. The van der Waals surface area contributed by atoms with Gasteiger partial charge in [-0.25, -0.2) is 0 Å². The molecule has 0 bridgehead atoms. The number of nitrogens with one attached hydrogen (secondary N) is 1. The molecule has 1 aliphatic rings. The first-order valence-corrected chi connectivity index (χ1v) is 7.32. The van der Waals surface area contributed by atoms with Gasteiger partial charge in [0.05, 0.1) is 5.54 Å². The highest BCUT2D eigenvalue weighted by molar-refractivity contribution is 7.87. The third kappa shape index (κ3) is 2.40. The Morgan fingerprint density at radius 1 is 1.33 bits per heavy atom. The summed E-state index contributed by atoms with van der Waals surface area (Å²) in [5.41, 5.74) is -0.721. The molecule has 2 rings (SSSR count). The fourth-order valence-electron chi connectivity index (χ4n) is 2.18. The van der Waals surface area contributed by atoms with Crippen molar-refractivity contribution in [3.63, 3.8) is 0 Å². The first kappa shape index (κ1) is 13.4. The summed E-state index contributed by atoms with van der Waals surface area (Å²) < 4.78 is 32.8. The predicted molar refractivity (Wildman–Crippen MR) is 64.9 cm³/mol. The van der Waals surface area contributed by atoms with Crippen LogP contribution in [-0.2, 0) is 15.7 Å². The van der Waals surface area contributed by atoms with Crippen LogP contribution in [0.4, 0.5) is 0 Å². The van der Waals surface area contributed by atoms with Crippen molar-refractivity contribution < 1.29 is 12.9 Å². The van der Waals surface area contributed by atoms with Crippen LogP contribution in [0.15, 0.2) is 4.52 Å². The number of aromatic nitrogens is 2. The van der Waals surface area contributed by atoms with Crippen LogP contribution in [0.1, 0.15) is 37.4 Å². The van der Waals surface area contributed by atoms with Crippen molar-refractivity contribution in [3.05, 3.63) is 11.7 Å². The van der Waals surface area contributed by atoms with Crippen LogP contribution < -0.4 is 4.72 Å². The smallest absolute Gasteiger partial charge is 0.279 e. The predicted octanol–water partition coefficient (Wildman–Crippen LogP) is 0.543. The SMILES string of the molecule is Cc1nc(C2(NS(=O)(=O)N(C)C)CCCC2)no1. The molecule has 7 nitrogen and oxygen atoms in total. The summed E-state index contributed by atoms with van der Waals surface area (Å²) >= 11 is 0. The molecule has 0 spiro atoms. The minimum Gasteiger partial charge on any atom is -0.340 e. The number of hydrogen-bond acceptors (Lipinski definition) is 5. The molecule has 1 aromatic heterocycles. The molecule has 0 amide bonds. The number of aryl methyl sites for hydroxylation is 1. The van der Waals surface area contributed by atoms with Gasteiger partial charge in [-0.1, -0.05) is 18.0 Å². The molecule has 102 valence electrons. The van der Waals surface area contributed by atoms with E-state index >= 15 is 0 Å². The molecule has 0 unspecified atom stereocenters. The molecule has 0 atom stereocenters. The maximum absolute atomic E-state index is 12.0. The molecule has 1 aliphatic carbocycles. The van der Waals surface area contributed by atoms with Crippen LogP contribution in [0.2, 0.25) is 0 Å². The van der Waals surface area contributed by atoms with E-state index in [4.69, 9.17) is 4.52 Å². The lowest BCUT2D eigenvalue weighted by Gasteiger charge is -2.28. The minimum absolute atomic E-state index is 0.433. The summed E-state index contributed by atoms with van der Waals surface area (Å²) in [6.07, 6.45) is 3.28. The van der Waals surface area contributed by atoms with E-state index < -0.39 is 15.7 Å². The third-order valence-corrected chi connectivity index (χ3v) is 4.83. The summed E-state index contributed by atoms with van der Waals surface area (Å²) in [5.74, 6) is 0.878. The Bertz CT molecular complexity index is 517. The lowest BCUT2D eigenvalue weighted by Crippen LogP contribution is -2.49. The van der Waals surface area contributed by atoms with Gasteiger partial charge in [-0.3, -0.25) is 0 Å². The van der Waals surface area contributed by atoms with Crippen molar-refractivity contribution in [2.75, 3.05) is 14.1 Å². The topological polar surface area (TPSA) is 88.3 Å². The quantitative estimate of drug-likeness (QED) is 0.866. The largest absolute Gasteiger partial charge is 0.340 e. The molecule has 18 heavy (non-hydrogen) atoms. The number of nitrogens with zero attached hydrogens (tertiary/aromatic N) is 3. The molecule has 0 aliphatic heterocycles. The summed E-state index contributed by atoms with van der Waals surface area (Å²) in [6, 6.07) is 0. The molecule has 1 fully saturated rings. The Kier molecular flexibility index (Phi) is 3.43. The lowest BCUT2D eigenvalue weighted by atomic mass is 9.99. The molecule has 0 radical (unpaired) electrons. The van der Waals surface area contributed by atoms with Crippen molar-refractivity contribution in [2.24, 2.45) is 0 Å². The van der Waals surface area contributed by atoms with E-state index in [1.807, 2.05) is 0 Å². The highest BCUT2D eigenvalue weighted by Crippen LogP contribution is 2.37. The van der Waals surface area contributed by atoms with E-state index in [1.165, 1.54) is 14.1 Å². The summed E-state index contributed by atoms with van der Waals surface area (Å²) in [6.45, 7) is 1.69. The molecular weight excluding hydrogens is 256 g/mol. The van der Waals surface area contributed by atoms with Crippen molar-refractivity contribution in [1.29, 1.82) is 0 Å². The van der Waals surface area contributed by atoms with Crippen LogP contribution in [0.5, 0.6) is 0 Å². The summed E-state index contributed by atoms with van der Waals surface area (Å²) in [7, 11) is -0.532. The summed E-state index contributed by atoms with van der Waals surface area (Å²) in [5, 5.41) is 3.88. The van der Waals surface area contributed by atoms with E-state index in [0.29, 0.717) is 24.6 Å². The van der Waals surface area contributed by atoms with Gasteiger partial charge >= 0.3 is 0 Å². The maximum Gasteiger partial charge on any atom is 0.279 e. The maximum atomic E-state index is 12.0. The fourth-order valence-corrected chi connectivity index (χ4v) is 3.15. The Labute approximate surface area is 107 Å². The zero-order chi connectivity index (χ0) is 13.4. The lowest BCUT2D eigenvalue weighted by molar-refractivity contribution is 0.332. The van der Waals surface area contributed by atoms with Gasteiger partial charge in [0.1, 0.15) is 0 Å². The van der Waals surface area contributed by atoms with Gasteiger partial charge in [-0.05, 0) is 12.8 Å². The Balaban J connectivity index is 2.34. The van der Waals surface area contributed by atoms with Crippen LogP contribution in [0.25, 0.3) is 0 Å². The van der Waals surface area contributed by atoms with Gasteiger partial charge in [0, 0.05) is 21.0 Å². The second-order valence-electron chi connectivity index (χ2n) is 4.82. The second kappa shape index (κ2) is 4.60. The van der Waals surface area contributed by atoms with Crippen molar-refractivity contribution in [2.45, 2.75) is 38.1 Å². The Morgan fingerprint density at radius 3 is 2.39 bits per heavy atom. The van der Waals surface area contributed by atoms with E-state index in [1.54, 1.807) is 6.92 Å². The summed E-state index contributed by atoms with van der Waals surface area (Å²) in [4.78, 5) is 4.19. The minimum atomic E-state index is -3.52. The van der Waals surface area contributed by atoms with E-state index in [9.17, 15) is 8.42 Å². The average molecular weight is 274 g/mol. The highest BCUT2D eigenvalue weighted by atomic mass is 32.2. The molecule has 1 saturated carbocycles. The molecule has 1 aromatic rings. The van der Waals surface area contributed by atoms with Crippen LogP contribution in [0, 0.1) is 6.92 Å². The zero-order valence-corrected chi connectivity index (χ0v) is 11.6. The average Bonchev–Trinajstić information content (AvgIpc) is 2.87. The van der Waals surface area contributed by atoms with Gasteiger partial charge in [-0.15, -0.1) is 0 Å². The molecule has 1 N–H and O–H groups in total. The van der Waals surface area contributed by atoms with Gasteiger partial charge in [0.25, 0.3) is 10.2 Å². The second-order valence-corrected chi connectivity index (χ2v) is 6.70. The monoisotopic (exact) mass is 274 g/mol. The fraction of sp³-hybridized carbons (Fsp3) is 0.800. The van der Waals surface area contributed by atoms with Crippen molar-refractivity contribution >= 4 is 10.2 Å². The van der Waals surface area contributed by atoms with Crippen LogP contribution in [0.3, 0.4) is 0 Å². The molecule has 1 heterocycles. The molecular formula is C10H18N4O3S. The Hall–Kier alpha value is -0.990. The number of rotatable bonds is 4. The van der Waals surface area contributed by atoms with Crippen molar-refractivity contribution in [1.82, 2.24) is 19.2 Å². The van der Waals surface area contributed by atoms with Crippen molar-refractivity contribution in [3.8, 4) is 0 Å². The first-order valence-electron chi connectivity index (χ1n) is 5.88. The molecule has 8 heteroatoms. The molecule has 0 aromatic carbocycles. The van der Waals surface area contributed by atoms with Gasteiger partial charge in [0.15, 0.2) is 5.82 Å². The van der Waals surface area contributed by atoms with Gasteiger partial charge < -0.3 is 4.52 Å². The van der Waals surface area contributed by atoms with E-state index in [2.05, 4.69) is 14.9 Å². The Morgan fingerprint density at radius 2 is 1.94 bits per heavy atom. The van der Waals surface area contributed by atoms with E-state index in [0.717, 1.165) is 17.1 Å². The number of hydrogen-bond donors (Lipinski definition) is 1. The van der Waals surface area contributed by atoms with Crippen LogP contribution in [-0.4, -0.2) is 37.0 Å². The van der Waals surface area contributed by atoms with Gasteiger partial charge in [0.2, 0.25) is 5.89 Å². The standard InChI is InChI=1S/C10H18N4O3S/c1-8-11-9(12-17-8)10(6-4-5-7-10)13-18(15,16)14(2)3/h13H,4-7H2,1-3H3. The highest BCUT2D eigenvalue weighted by Gasteiger charge is 2.43. The third-order valence-electron chi connectivity index (χ3n) is 3.22. The zero-order valence-electron chi connectivity index (χ0n) is 10.8. The van der Waals surface area contributed by atoms with E-state index in [-0.39, 0.29) is 0 Å². The van der Waals surface area contributed by atoms with Crippen LogP contribution >= 0.6 is 0 Å². The molecule has 0 saturated heterocycles.